The van der Waals surface area contributed by atoms with E-state index in [1.54, 1.807) is 16.8 Å². The lowest BCUT2D eigenvalue weighted by Crippen LogP contribution is -2.24. The number of aromatic amines is 1. The van der Waals surface area contributed by atoms with Gasteiger partial charge in [-0.15, -0.1) is 0 Å². The molecule has 1 saturated heterocycles. The molecule has 0 spiro atoms. The molecule has 1 fully saturated rings. The van der Waals surface area contributed by atoms with Crippen molar-refractivity contribution < 1.29 is 8.42 Å². The number of thiophene rings is 1. The van der Waals surface area contributed by atoms with Crippen LogP contribution in [0.3, 0.4) is 0 Å². The number of nitrogens with one attached hydrogen (secondary N) is 2. The van der Waals surface area contributed by atoms with E-state index in [0.29, 0.717) is 22.3 Å². The number of sulfone groups is 1. The number of aromatic nitrogens is 1. The van der Waals surface area contributed by atoms with Gasteiger partial charge >= 0.3 is 0 Å². The van der Waals surface area contributed by atoms with Crippen molar-refractivity contribution in [3.63, 3.8) is 0 Å². The summed E-state index contributed by atoms with van der Waals surface area (Å²) in [4.78, 5) is 4.17. The van der Waals surface area contributed by atoms with Gasteiger partial charge in [0.15, 0.2) is 0 Å². The average molecular weight is 346 g/mol. The Bertz CT molecular complexity index is 921. The zero-order chi connectivity index (χ0) is 15.9. The third kappa shape index (κ3) is 2.60. The van der Waals surface area contributed by atoms with E-state index in [-0.39, 0.29) is 0 Å². The van der Waals surface area contributed by atoms with E-state index in [1.807, 2.05) is 24.3 Å². The molecule has 3 heterocycles. The molecule has 1 aliphatic heterocycles. The van der Waals surface area contributed by atoms with Crippen LogP contribution in [0.2, 0.25) is 0 Å². The first kappa shape index (κ1) is 14.9. The molecule has 2 aromatic heterocycles. The molecule has 1 atom stereocenters. The first-order valence-electron chi connectivity index (χ1n) is 7.76. The number of fused-ring (bicyclic) bond motifs is 1. The molecular weight excluding hydrogens is 328 g/mol. The van der Waals surface area contributed by atoms with E-state index < -0.39 is 9.84 Å². The second kappa shape index (κ2) is 5.78. The minimum atomic E-state index is -3.50. The Morgan fingerprint density at radius 1 is 1.22 bits per heavy atom. The molecule has 0 bridgehead atoms. The number of H-pyrrole nitrogens is 1. The standard InChI is InChI=1S/C17H18N2O2S2/c20-23(21,13-7-9-22-11-13)17-14-5-1-2-6-15(14)19-16(17)10-12-4-3-8-18-12/h1-2,5-7,9,11-12,18-19H,3-4,8,10H2. The fourth-order valence-electron chi connectivity index (χ4n) is 3.32. The zero-order valence-corrected chi connectivity index (χ0v) is 14.2. The van der Waals surface area contributed by atoms with Gasteiger partial charge in [-0.2, -0.15) is 11.3 Å². The molecule has 23 heavy (non-hydrogen) atoms. The molecule has 0 amide bonds. The Labute approximate surface area is 139 Å². The molecule has 1 aromatic carbocycles. The zero-order valence-electron chi connectivity index (χ0n) is 12.6. The molecule has 2 N–H and O–H groups in total. The number of para-hydroxylation sites is 1. The van der Waals surface area contributed by atoms with Gasteiger partial charge in [0.2, 0.25) is 9.84 Å². The first-order chi connectivity index (χ1) is 11.2. The van der Waals surface area contributed by atoms with E-state index >= 15 is 0 Å². The lowest BCUT2D eigenvalue weighted by molar-refractivity contribution is 0.581. The smallest absolute Gasteiger partial charge is 0.209 e. The van der Waals surface area contributed by atoms with E-state index in [2.05, 4.69) is 10.3 Å². The summed E-state index contributed by atoms with van der Waals surface area (Å²) in [6.07, 6.45) is 2.96. The summed E-state index contributed by atoms with van der Waals surface area (Å²) in [5, 5.41) is 7.74. The van der Waals surface area contributed by atoms with Gasteiger partial charge in [0, 0.05) is 34.4 Å². The third-order valence-electron chi connectivity index (χ3n) is 4.42. The normalized spacial score (nSPS) is 18.7. The summed E-state index contributed by atoms with van der Waals surface area (Å²) < 4.78 is 26.3. The van der Waals surface area contributed by atoms with Crippen molar-refractivity contribution in [2.45, 2.75) is 35.1 Å². The maximum absolute atomic E-state index is 13.1. The largest absolute Gasteiger partial charge is 0.357 e. The van der Waals surface area contributed by atoms with Crippen molar-refractivity contribution in [3.05, 3.63) is 46.8 Å². The van der Waals surface area contributed by atoms with E-state index in [4.69, 9.17) is 0 Å². The minimum Gasteiger partial charge on any atom is -0.357 e. The topological polar surface area (TPSA) is 62.0 Å². The predicted octanol–water partition coefficient (Wildman–Crippen LogP) is 3.36. The molecule has 4 nitrogen and oxygen atoms in total. The van der Waals surface area contributed by atoms with Crippen molar-refractivity contribution in [2.24, 2.45) is 0 Å². The van der Waals surface area contributed by atoms with Crippen LogP contribution in [-0.4, -0.2) is 26.0 Å². The summed E-state index contributed by atoms with van der Waals surface area (Å²) >= 11 is 1.41. The van der Waals surface area contributed by atoms with Crippen LogP contribution >= 0.6 is 11.3 Å². The van der Waals surface area contributed by atoms with E-state index in [9.17, 15) is 8.42 Å². The number of hydrogen-bond acceptors (Lipinski definition) is 4. The quantitative estimate of drug-likeness (QED) is 0.761. The van der Waals surface area contributed by atoms with Gasteiger partial charge in [0.05, 0.1) is 4.90 Å². The number of rotatable bonds is 4. The third-order valence-corrected chi connectivity index (χ3v) is 7.13. The van der Waals surface area contributed by atoms with Crippen LogP contribution in [0.15, 0.2) is 50.9 Å². The Kier molecular flexibility index (Phi) is 3.75. The molecular formula is C17H18N2O2S2. The maximum Gasteiger partial charge on any atom is 0.209 e. The average Bonchev–Trinajstić information content (AvgIpc) is 3.28. The highest BCUT2D eigenvalue weighted by Gasteiger charge is 2.28. The van der Waals surface area contributed by atoms with E-state index in [0.717, 1.165) is 36.0 Å². The Morgan fingerprint density at radius 3 is 2.83 bits per heavy atom. The fourth-order valence-corrected chi connectivity index (χ4v) is 6.01. The molecule has 4 rings (SSSR count). The highest BCUT2D eigenvalue weighted by atomic mass is 32.2. The lowest BCUT2D eigenvalue weighted by Gasteiger charge is -2.11. The van der Waals surface area contributed by atoms with Gasteiger partial charge in [0.25, 0.3) is 0 Å². The maximum atomic E-state index is 13.1. The molecule has 3 aromatic rings. The van der Waals surface area contributed by atoms with Crippen molar-refractivity contribution in [2.75, 3.05) is 6.54 Å². The van der Waals surface area contributed by atoms with Gasteiger partial charge in [-0.05, 0) is 36.9 Å². The summed E-state index contributed by atoms with van der Waals surface area (Å²) in [6.45, 7) is 1.01. The molecule has 0 aliphatic carbocycles. The number of hydrogen-bond donors (Lipinski definition) is 2. The van der Waals surface area contributed by atoms with Gasteiger partial charge in [0.1, 0.15) is 4.90 Å². The molecule has 0 saturated carbocycles. The minimum absolute atomic E-state index is 0.347. The summed E-state index contributed by atoms with van der Waals surface area (Å²) in [7, 11) is -3.50. The summed E-state index contributed by atoms with van der Waals surface area (Å²) in [5.74, 6) is 0. The van der Waals surface area contributed by atoms with Gasteiger partial charge in [-0.1, -0.05) is 18.2 Å². The van der Waals surface area contributed by atoms with Crippen LogP contribution in [0.4, 0.5) is 0 Å². The van der Waals surface area contributed by atoms with Crippen LogP contribution < -0.4 is 5.32 Å². The Balaban J connectivity index is 1.89. The van der Waals surface area contributed by atoms with Crippen LogP contribution in [0.25, 0.3) is 10.9 Å². The van der Waals surface area contributed by atoms with Crippen molar-refractivity contribution >= 4 is 32.1 Å². The van der Waals surface area contributed by atoms with Crippen LogP contribution in [0.1, 0.15) is 18.5 Å². The van der Waals surface area contributed by atoms with Crippen molar-refractivity contribution in [1.29, 1.82) is 0 Å². The van der Waals surface area contributed by atoms with Crippen LogP contribution in [0.5, 0.6) is 0 Å². The molecule has 6 heteroatoms. The van der Waals surface area contributed by atoms with Gasteiger partial charge < -0.3 is 10.3 Å². The molecule has 120 valence electrons. The van der Waals surface area contributed by atoms with Crippen LogP contribution in [-0.2, 0) is 16.3 Å². The van der Waals surface area contributed by atoms with Crippen molar-refractivity contribution in [3.8, 4) is 0 Å². The molecule has 1 unspecified atom stereocenters. The number of benzene rings is 1. The molecule has 1 aliphatic rings. The lowest BCUT2D eigenvalue weighted by atomic mass is 10.1. The highest BCUT2D eigenvalue weighted by Crippen LogP contribution is 2.33. The van der Waals surface area contributed by atoms with Gasteiger partial charge in [-0.25, -0.2) is 8.42 Å². The molecule has 0 radical (unpaired) electrons. The van der Waals surface area contributed by atoms with Crippen molar-refractivity contribution in [1.82, 2.24) is 10.3 Å². The second-order valence-electron chi connectivity index (χ2n) is 5.94. The summed E-state index contributed by atoms with van der Waals surface area (Å²) in [6, 6.07) is 9.67. The Hall–Kier alpha value is -1.63. The second-order valence-corrected chi connectivity index (χ2v) is 8.60. The Morgan fingerprint density at radius 2 is 2.09 bits per heavy atom. The SMILES string of the molecule is O=S(=O)(c1ccsc1)c1c(CC2CCCN2)[nH]c2ccccc12. The predicted molar refractivity (Wildman–Crippen MR) is 92.8 cm³/mol. The summed E-state index contributed by atoms with van der Waals surface area (Å²) in [5.41, 5.74) is 1.70. The monoisotopic (exact) mass is 346 g/mol. The first-order valence-corrected chi connectivity index (χ1v) is 10.2. The highest BCUT2D eigenvalue weighted by molar-refractivity contribution is 7.92. The van der Waals surface area contributed by atoms with E-state index in [1.165, 1.54) is 11.3 Å². The van der Waals surface area contributed by atoms with Crippen LogP contribution in [0, 0.1) is 0 Å². The van der Waals surface area contributed by atoms with Gasteiger partial charge in [-0.3, -0.25) is 0 Å². The fraction of sp³-hybridized carbons (Fsp3) is 0.294.